The van der Waals surface area contributed by atoms with Gasteiger partial charge in [0.05, 0.1) is 13.2 Å². The number of rotatable bonds is 2. The Balaban J connectivity index is 1.93. The molecule has 0 N–H and O–H groups in total. The summed E-state index contributed by atoms with van der Waals surface area (Å²) < 4.78 is 12.8. The van der Waals surface area contributed by atoms with Crippen LogP contribution in [0.4, 0.5) is 0 Å². The standard InChI is InChI=1S/C16H19N3O3/c1-16(2,3)22-15(20)14-13-10-21-9-12(19(13)18-17-14)11-7-5-4-6-8-11/h4-8,12H,9-10H2,1-3H3. The zero-order chi connectivity index (χ0) is 15.7. The summed E-state index contributed by atoms with van der Waals surface area (Å²) in [5.41, 5.74) is 1.40. The lowest BCUT2D eigenvalue weighted by Gasteiger charge is -2.25. The predicted molar refractivity (Wildman–Crippen MR) is 79.4 cm³/mol. The molecule has 1 aromatic carbocycles. The molecule has 0 saturated carbocycles. The topological polar surface area (TPSA) is 66.2 Å². The van der Waals surface area contributed by atoms with Crippen LogP contribution in [0.5, 0.6) is 0 Å². The van der Waals surface area contributed by atoms with Crippen LogP contribution in [0, 0.1) is 0 Å². The molecule has 6 heteroatoms. The number of carbonyl (C=O) groups is 1. The number of nitrogens with zero attached hydrogens (tertiary/aromatic N) is 3. The molecular weight excluding hydrogens is 282 g/mol. The zero-order valence-corrected chi connectivity index (χ0v) is 12.9. The highest BCUT2D eigenvalue weighted by Crippen LogP contribution is 2.26. The second-order valence-corrected chi connectivity index (χ2v) is 6.27. The number of ether oxygens (including phenoxy) is 2. The summed E-state index contributed by atoms with van der Waals surface area (Å²) in [7, 11) is 0. The van der Waals surface area contributed by atoms with E-state index in [1.54, 1.807) is 4.68 Å². The maximum Gasteiger partial charge on any atom is 0.361 e. The molecule has 0 saturated heterocycles. The van der Waals surface area contributed by atoms with Crippen LogP contribution < -0.4 is 0 Å². The van der Waals surface area contributed by atoms with Gasteiger partial charge in [-0.25, -0.2) is 9.48 Å². The van der Waals surface area contributed by atoms with E-state index in [-0.39, 0.29) is 11.7 Å². The largest absolute Gasteiger partial charge is 0.455 e. The van der Waals surface area contributed by atoms with Gasteiger partial charge >= 0.3 is 5.97 Å². The molecule has 6 nitrogen and oxygen atoms in total. The van der Waals surface area contributed by atoms with Gasteiger partial charge in [-0.1, -0.05) is 35.5 Å². The van der Waals surface area contributed by atoms with E-state index in [2.05, 4.69) is 10.3 Å². The Morgan fingerprint density at radius 2 is 2.05 bits per heavy atom. The third-order valence-electron chi connectivity index (χ3n) is 3.38. The van der Waals surface area contributed by atoms with Crippen LogP contribution in [-0.2, 0) is 16.1 Å². The molecule has 1 atom stereocenters. The van der Waals surface area contributed by atoms with E-state index in [1.165, 1.54) is 0 Å². The average molecular weight is 301 g/mol. The molecule has 0 radical (unpaired) electrons. The lowest BCUT2D eigenvalue weighted by atomic mass is 10.1. The quantitative estimate of drug-likeness (QED) is 0.797. The number of fused-ring (bicyclic) bond motifs is 1. The normalized spacial score (nSPS) is 17.9. The Bertz CT molecular complexity index is 674. The van der Waals surface area contributed by atoms with Crippen LogP contribution in [0.3, 0.4) is 0 Å². The first-order valence-corrected chi connectivity index (χ1v) is 7.26. The summed E-state index contributed by atoms with van der Waals surface area (Å²) >= 11 is 0. The fourth-order valence-corrected chi connectivity index (χ4v) is 2.43. The minimum Gasteiger partial charge on any atom is -0.455 e. The SMILES string of the molecule is CC(C)(C)OC(=O)c1nnn2c1COCC2c1ccccc1. The maximum absolute atomic E-state index is 12.2. The summed E-state index contributed by atoms with van der Waals surface area (Å²) in [6.45, 7) is 6.29. The molecule has 2 heterocycles. The molecule has 0 bridgehead atoms. The van der Waals surface area contributed by atoms with Gasteiger partial charge in [-0.05, 0) is 26.3 Å². The number of benzene rings is 1. The Labute approximate surface area is 129 Å². The van der Waals surface area contributed by atoms with Gasteiger partial charge in [0.1, 0.15) is 17.3 Å². The summed E-state index contributed by atoms with van der Waals surface area (Å²) in [4.78, 5) is 12.2. The van der Waals surface area contributed by atoms with Gasteiger partial charge < -0.3 is 9.47 Å². The lowest BCUT2D eigenvalue weighted by Crippen LogP contribution is -2.28. The van der Waals surface area contributed by atoms with E-state index in [9.17, 15) is 4.79 Å². The van der Waals surface area contributed by atoms with Crippen molar-refractivity contribution in [3.8, 4) is 0 Å². The van der Waals surface area contributed by atoms with Crippen molar-refractivity contribution in [2.45, 2.75) is 39.0 Å². The monoisotopic (exact) mass is 301 g/mol. The highest BCUT2D eigenvalue weighted by molar-refractivity contribution is 5.88. The van der Waals surface area contributed by atoms with Crippen molar-refractivity contribution >= 4 is 5.97 Å². The van der Waals surface area contributed by atoms with Crippen molar-refractivity contribution in [1.29, 1.82) is 0 Å². The molecule has 0 spiro atoms. The van der Waals surface area contributed by atoms with Crippen molar-refractivity contribution in [2.75, 3.05) is 6.61 Å². The molecule has 2 aromatic rings. The van der Waals surface area contributed by atoms with E-state index in [0.717, 1.165) is 5.56 Å². The Hall–Kier alpha value is -2.21. The Morgan fingerprint density at radius 3 is 2.73 bits per heavy atom. The zero-order valence-electron chi connectivity index (χ0n) is 12.9. The van der Waals surface area contributed by atoms with Gasteiger partial charge in [0.2, 0.25) is 0 Å². The van der Waals surface area contributed by atoms with Gasteiger partial charge in [-0.2, -0.15) is 0 Å². The van der Waals surface area contributed by atoms with Crippen molar-refractivity contribution in [2.24, 2.45) is 0 Å². The summed E-state index contributed by atoms with van der Waals surface area (Å²) in [6.07, 6.45) is 0. The Kier molecular flexibility index (Phi) is 3.70. The lowest BCUT2D eigenvalue weighted by molar-refractivity contribution is 0.00525. The highest BCUT2D eigenvalue weighted by Gasteiger charge is 2.31. The first kappa shape index (κ1) is 14.7. The van der Waals surface area contributed by atoms with E-state index < -0.39 is 11.6 Å². The maximum atomic E-state index is 12.2. The summed E-state index contributed by atoms with van der Waals surface area (Å²) in [5.74, 6) is -0.467. The molecular formula is C16H19N3O3. The van der Waals surface area contributed by atoms with Crippen molar-refractivity contribution in [3.63, 3.8) is 0 Å². The van der Waals surface area contributed by atoms with Crippen LogP contribution in [0.15, 0.2) is 30.3 Å². The van der Waals surface area contributed by atoms with Crippen molar-refractivity contribution < 1.29 is 14.3 Å². The molecule has 1 aliphatic heterocycles. The first-order chi connectivity index (χ1) is 10.5. The molecule has 0 fully saturated rings. The van der Waals surface area contributed by atoms with Crippen molar-refractivity contribution in [1.82, 2.24) is 15.0 Å². The predicted octanol–water partition coefficient (Wildman–Crippen LogP) is 2.35. The van der Waals surface area contributed by atoms with Crippen LogP contribution in [-0.4, -0.2) is 33.2 Å². The minimum absolute atomic E-state index is 0.0753. The third-order valence-corrected chi connectivity index (χ3v) is 3.38. The van der Waals surface area contributed by atoms with Gasteiger partial charge in [-0.3, -0.25) is 0 Å². The fraction of sp³-hybridized carbons (Fsp3) is 0.438. The van der Waals surface area contributed by atoms with Gasteiger partial charge in [0.15, 0.2) is 5.69 Å². The Morgan fingerprint density at radius 1 is 1.32 bits per heavy atom. The second-order valence-electron chi connectivity index (χ2n) is 6.27. The number of hydrogen-bond acceptors (Lipinski definition) is 5. The van der Waals surface area contributed by atoms with Gasteiger partial charge in [-0.15, -0.1) is 5.10 Å². The molecule has 0 aliphatic carbocycles. The van der Waals surface area contributed by atoms with E-state index in [4.69, 9.17) is 9.47 Å². The molecule has 1 unspecified atom stereocenters. The van der Waals surface area contributed by atoms with Crippen LogP contribution in [0.1, 0.15) is 48.6 Å². The van der Waals surface area contributed by atoms with E-state index in [1.807, 2.05) is 51.1 Å². The molecule has 0 amide bonds. The number of esters is 1. The number of hydrogen-bond donors (Lipinski definition) is 0. The van der Waals surface area contributed by atoms with Crippen LogP contribution in [0.25, 0.3) is 0 Å². The summed E-state index contributed by atoms with van der Waals surface area (Å²) in [6, 6.07) is 9.84. The minimum atomic E-state index is -0.568. The molecule has 3 rings (SSSR count). The smallest absolute Gasteiger partial charge is 0.361 e. The average Bonchev–Trinajstić information content (AvgIpc) is 2.90. The van der Waals surface area contributed by atoms with Gasteiger partial charge in [0.25, 0.3) is 0 Å². The number of carbonyl (C=O) groups excluding carboxylic acids is 1. The fourth-order valence-electron chi connectivity index (χ4n) is 2.43. The van der Waals surface area contributed by atoms with Crippen molar-refractivity contribution in [3.05, 3.63) is 47.3 Å². The first-order valence-electron chi connectivity index (χ1n) is 7.26. The molecule has 1 aromatic heterocycles. The highest BCUT2D eigenvalue weighted by atomic mass is 16.6. The second kappa shape index (κ2) is 5.53. The van der Waals surface area contributed by atoms with Gasteiger partial charge in [0, 0.05) is 0 Å². The van der Waals surface area contributed by atoms with E-state index in [0.29, 0.717) is 18.9 Å². The summed E-state index contributed by atoms with van der Waals surface area (Å²) in [5, 5.41) is 8.17. The molecule has 22 heavy (non-hydrogen) atoms. The van der Waals surface area contributed by atoms with E-state index >= 15 is 0 Å². The van der Waals surface area contributed by atoms with Crippen LogP contribution >= 0.6 is 0 Å². The third kappa shape index (κ3) is 2.87. The molecule has 1 aliphatic rings. The number of aromatic nitrogens is 3. The van der Waals surface area contributed by atoms with Crippen LogP contribution in [0.2, 0.25) is 0 Å². The molecule has 116 valence electrons.